The second kappa shape index (κ2) is 5.87. The number of carboxylic acids is 1. The molecule has 0 saturated carbocycles. The molecule has 3 nitrogen and oxygen atoms in total. The fourth-order valence-corrected chi connectivity index (χ4v) is 2.08. The van der Waals surface area contributed by atoms with Gasteiger partial charge in [-0.15, -0.1) is 12.4 Å². The van der Waals surface area contributed by atoms with Crippen LogP contribution in [0.1, 0.15) is 30.9 Å². The molecule has 0 spiro atoms. The van der Waals surface area contributed by atoms with E-state index in [1.165, 1.54) is 5.56 Å². The summed E-state index contributed by atoms with van der Waals surface area (Å²) in [6.07, 6.45) is 2.73. The van der Waals surface area contributed by atoms with Gasteiger partial charge in [-0.2, -0.15) is 0 Å². The summed E-state index contributed by atoms with van der Waals surface area (Å²) in [5.41, 5.74) is 1.18. The van der Waals surface area contributed by atoms with Crippen molar-refractivity contribution in [3.8, 4) is 0 Å². The van der Waals surface area contributed by atoms with Crippen LogP contribution in [0.25, 0.3) is 0 Å². The topological polar surface area (TPSA) is 49.3 Å². The Hall–Kier alpha value is -1.06. The highest BCUT2D eigenvalue weighted by molar-refractivity contribution is 5.85. The minimum atomic E-state index is -0.740. The third-order valence-corrected chi connectivity index (χ3v) is 2.89. The molecule has 1 heterocycles. The quantitative estimate of drug-likeness (QED) is 0.836. The number of halogens is 1. The standard InChI is InChI=1S/C12H15NO2.ClH/c14-12(15)11-8-4-7-10(13-11)9-5-2-1-3-6-9;/h1-3,5-6,10-11,13H,4,7-8H2,(H,14,15);1H/t10-,11+;/m0./s1. The van der Waals surface area contributed by atoms with Crippen LogP contribution in [0.3, 0.4) is 0 Å². The van der Waals surface area contributed by atoms with E-state index in [4.69, 9.17) is 5.11 Å². The summed E-state index contributed by atoms with van der Waals surface area (Å²) >= 11 is 0. The second-order valence-corrected chi connectivity index (χ2v) is 3.95. The molecular formula is C12H16ClNO2. The average molecular weight is 242 g/mol. The van der Waals surface area contributed by atoms with E-state index in [-0.39, 0.29) is 24.5 Å². The number of rotatable bonds is 2. The number of piperidine rings is 1. The molecule has 2 atom stereocenters. The van der Waals surface area contributed by atoms with Gasteiger partial charge in [-0.3, -0.25) is 10.1 Å². The highest BCUT2D eigenvalue weighted by Gasteiger charge is 2.26. The average Bonchev–Trinajstić information content (AvgIpc) is 2.30. The van der Waals surface area contributed by atoms with Crippen LogP contribution >= 0.6 is 12.4 Å². The van der Waals surface area contributed by atoms with Crippen molar-refractivity contribution in [2.24, 2.45) is 0 Å². The third-order valence-electron chi connectivity index (χ3n) is 2.89. The molecule has 1 aliphatic heterocycles. The number of aliphatic carboxylic acids is 1. The Morgan fingerprint density at radius 3 is 2.56 bits per heavy atom. The minimum Gasteiger partial charge on any atom is -0.480 e. The van der Waals surface area contributed by atoms with E-state index < -0.39 is 5.97 Å². The van der Waals surface area contributed by atoms with Crippen LogP contribution in [0, 0.1) is 0 Å². The Morgan fingerprint density at radius 1 is 1.25 bits per heavy atom. The van der Waals surface area contributed by atoms with Gasteiger partial charge in [0.15, 0.2) is 0 Å². The molecule has 0 unspecified atom stereocenters. The van der Waals surface area contributed by atoms with Gasteiger partial charge in [0, 0.05) is 6.04 Å². The van der Waals surface area contributed by atoms with Gasteiger partial charge in [0.1, 0.15) is 6.04 Å². The van der Waals surface area contributed by atoms with Gasteiger partial charge in [0.25, 0.3) is 0 Å². The van der Waals surface area contributed by atoms with E-state index in [1.807, 2.05) is 30.3 Å². The smallest absolute Gasteiger partial charge is 0.320 e. The van der Waals surface area contributed by atoms with Crippen molar-refractivity contribution >= 4 is 18.4 Å². The van der Waals surface area contributed by atoms with Crippen LogP contribution in [-0.4, -0.2) is 17.1 Å². The van der Waals surface area contributed by atoms with Gasteiger partial charge in [0.05, 0.1) is 0 Å². The number of hydrogen-bond acceptors (Lipinski definition) is 2. The molecule has 2 N–H and O–H groups in total. The number of benzene rings is 1. The molecule has 1 aromatic carbocycles. The highest BCUT2D eigenvalue weighted by Crippen LogP contribution is 2.25. The maximum Gasteiger partial charge on any atom is 0.320 e. The van der Waals surface area contributed by atoms with E-state index in [9.17, 15) is 4.79 Å². The third kappa shape index (κ3) is 2.97. The Labute approximate surface area is 101 Å². The predicted octanol–water partition coefficient (Wildman–Crippen LogP) is 2.38. The molecule has 1 fully saturated rings. The van der Waals surface area contributed by atoms with Crippen LogP contribution in [0.2, 0.25) is 0 Å². The molecule has 0 aromatic heterocycles. The van der Waals surface area contributed by atoms with Gasteiger partial charge < -0.3 is 5.11 Å². The molecule has 2 rings (SSSR count). The largest absolute Gasteiger partial charge is 0.480 e. The molecule has 88 valence electrons. The fraction of sp³-hybridized carbons (Fsp3) is 0.417. The molecule has 0 aliphatic carbocycles. The summed E-state index contributed by atoms with van der Waals surface area (Å²) in [6, 6.07) is 9.85. The first-order chi connectivity index (χ1) is 7.27. The number of hydrogen-bond donors (Lipinski definition) is 2. The number of carbonyl (C=O) groups is 1. The van der Waals surface area contributed by atoms with Crippen LogP contribution in [0.5, 0.6) is 0 Å². The zero-order chi connectivity index (χ0) is 10.7. The first kappa shape index (κ1) is 13.0. The van der Waals surface area contributed by atoms with Crippen molar-refractivity contribution in [1.29, 1.82) is 0 Å². The minimum absolute atomic E-state index is 0. The Morgan fingerprint density at radius 2 is 1.94 bits per heavy atom. The van der Waals surface area contributed by atoms with Crippen molar-refractivity contribution in [3.05, 3.63) is 35.9 Å². The zero-order valence-electron chi connectivity index (χ0n) is 8.93. The van der Waals surface area contributed by atoms with Crippen LogP contribution in [0.4, 0.5) is 0 Å². The molecule has 1 saturated heterocycles. The normalized spacial score (nSPS) is 24.5. The Bertz CT molecular complexity index is 342. The zero-order valence-corrected chi connectivity index (χ0v) is 9.74. The summed E-state index contributed by atoms with van der Waals surface area (Å²) in [5, 5.41) is 12.1. The molecule has 0 amide bonds. The second-order valence-electron chi connectivity index (χ2n) is 3.95. The van der Waals surface area contributed by atoms with Crippen molar-refractivity contribution in [1.82, 2.24) is 5.32 Å². The maximum atomic E-state index is 10.9. The molecule has 16 heavy (non-hydrogen) atoms. The molecule has 4 heteroatoms. The number of carboxylic acid groups (broad SMARTS) is 1. The van der Waals surface area contributed by atoms with Crippen LogP contribution < -0.4 is 5.32 Å². The van der Waals surface area contributed by atoms with Crippen LogP contribution in [0.15, 0.2) is 30.3 Å². The highest BCUT2D eigenvalue weighted by atomic mass is 35.5. The van der Waals surface area contributed by atoms with Gasteiger partial charge in [-0.25, -0.2) is 0 Å². The SMILES string of the molecule is Cl.O=C(O)[C@H]1CCC[C@@H](c2ccccc2)N1. The fourth-order valence-electron chi connectivity index (χ4n) is 2.08. The summed E-state index contributed by atoms with van der Waals surface area (Å²) < 4.78 is 0. The molecule has 1 aliphatic rings. The number of nitrogens with one attached hydrogen (secondary N) is 1. The van der Waals surface area contributed by atoms with Crippen molar-refractivity contribution < 1.29 is 9.90 Å². The summed E-state index contributed by atoms with van der Waals surface area (Å²) in [4.78, 5) is 10.9. The maximum absolute atomic E-state index is 10.9. The molecule has 0 radical (unpaired) electrons. The summed E-state index contributed by atoms with van der Waals surface area (Å²) in [5.74, 6) is -0.740. The van der Waals surface area contributed by atoms with Gasteiger partial charge >= 0.3 is 5.97 Å². The van der Waals surface area contributed by atoms with E-state index in [0.29, 0.717) is 0 Å². The first-order valence-electron chi connectivity index (χ1n) is 5.31. The van der Waals surface area contributed by atoms with E-state index in [1.54, 1.807) is 0 Å². The van der Waals surface area contributed by atoms with Crippen molar-refractivity contribution in [3.63, 3.8) is 0 Å². The van der Waals surface area contributed by atoms with Gasteiger partial charge in [0.2, 0.25) is 0 Å². The molecule has 0 bridgehead atoms. The lowest BCUT2D eigenvalue weighted by molar-refractivity contribution is -0.140. The van der Waals surface area contributed by atoms with E-state index in [0.717, 1.165) is 19.3 Å². The van der Waals surface area contributed by atoms with E-state index in [2.05, 4.69) is 5.32 Å². The Kier molecular flexibility index (Phi) is 4.77. The Balaban J connectivity index is 0.00000128. The lowest BCUT2D eigenvalue weighted by atomic mass is 9.93. The van der Waals surface area contributed by atoms with Crippen molar-refractivity contribution in [2.45, 2.75) is 31.3 Å². The molecule has 1 aromatic rings. The van der Waals surface area contributed by atoms with E-state index >= 15 is 0 Å². The van der Waals surface area contributed by atoms with Gasteiger partial charge in [-0.05, 0) is 24.8 Å². The molecular weight excluding hydrogens is 226 g/mol. The summed E-state index contributed by atoms with van der Waals surface area (Å²) in [7, 11) is 0. The lowest BCUT2D eigenvalue weighted by Gasteiger charge is -2.28. The summed E-state index contributed by atoms with van der Waals surface area (Å²) in [6.45, 7) is 0. The van der Waals surface area contributed by atoms with Crippen LogP contribution in [-0.2, 0) is 4.79 Å². The monoisotopic (exact) mass is 241 g/mol. The predicted molar refractivity (Wildman–Crippen MR) is 64.8 cm³/mol. The first-order valence-corrected chi connectivity index (χ1v) is 5.31. The van der Waals surface area contributed by atoms with Gasteiger partial charge in [-0.1, -0.05) is 30.3 Å². The lowest BCUT2D eigenvalue weighted by Crippen LogP contribution is -2.42. The van der Waals surface area contributed by atoms with Crippen molar-refractivity contribution in [2.75, 3.05) is 0 Å².